The minimum atomic E-state index is -0.561. The van der Waals surface area contributed by atoms with Crippen molar-refractivity contribution in [1.82, 2.24) is 9.97 Å². The Morgan fingerprint density at radius 3 is 2.56 bits per heavy atom. The molecule has 9 nitrogen and oxygen atoms in total. The maximum atomic E-state index is 11.5. The minimum Gasteiger partial charge on any atom is -0.494 e. The number of ether oxygens (including phenoxy) is 1. The van der Waals surface area contributed by atoms with E-state index in [0.717, 1.165) is 31.7 Å². The molecule has 144 valence electrons. The number of anilines is 4. The molecule has 1 saturated heterocycles. The van der Waals surface area contributed by atoms with Gasteiger partial charge in [-0.3, -0.25) is 10.1 Å². The lowest BCUT2D eigenvalue weighted by atomic mass is 10.00. The van der Waals surface area contributed by atoms with Crippen molar-refractivity contribution in [2.45, 2.75) is 26.7 Å². The number of piperidine rings is 1. The van der Waals surface area contributed by atoms with E-state index in [9.17, 15) is 10.1 Å². The third-order valence-corrected chi connectivity index (χ3v) is 4.58. The molecule has 0 unspecified atom stereocenters. The van der Waals surface area contributed by atoms with Crippen LogP contribution >= 0.6 is 0 Å². The van der Waals surface area contributed by atoms with E-state index in [1.807, 2.05) is 11.8 Å². The molecule has 1 aromatic carbocycles. The van der Waals surface area contributed by atoms with Gasteiger partial charge >= 0.3 is 5.69 Å². The Balaban J connectivity index is 1.90. The van der Waals surface area contributed by atoms with Gasteiger partial charge in [0, 0.05) is 18.8 Å². The number of nitrogen functional groups attached to an aromatic ring is 1. The van der Waals surface area contributed by atoms with Gasteiger partial charge in [-0.15, -0.1) is 0 Å². The molecule has 0 aliphatic carbocycles. The Bertz CT molecular complexity index is 803. The van der Waals surface area contributed by atoms with Crippen LogP contribution in [0.5, 0.6) is 5.75 Å². The van der Waals surface area contributed by atoms with Crippen molar-refractivity contribution in [2.75, 3.05) is 35.6 Å². The van der Waals surface area contributed by atoms with Gasteiger partial charge in [0.15, 0.2) is 0 Å². The number of benzene rings is 1. The molecule has 9 heteroatoms. The highest BCUT2D eigenvalue weighted by Gasteiger charge is 2.26. The van der Waals surface area contributed by atoms with Crippen LogP contribution in [-0.4, -0.2) is 34.6 Å². The largest absolute Gasteiger partial charge is 0.494 e. The number of aromatic nitrogens is 2. The predicted octanol–water partition coefficient (Wildman–Crippen LogP) is 3.35. The van der Waals surface area contributed by atoms with Gasteiger partial charge in [-0.2, -0.15) is 9.97 Å². The third kappa shape index (κ3) is 4.36. The van der Waals surface area contributed by atoms with Crippen molar-refractivity contribution < 1.29 is 9.66 Å². The summed E-state index contributed by atoms with van der Waals surface area (Å²) in [6.45, 7) is 6.30. The summed E-state index contributed by atoms with van der Waals surface area (Å²) >= 11 is 0. The van der Waals surface area contributed by atoms with Gasteiger partial charge in [-0.25, -0.2) is 0 Å². The summed E-state index contributed by atoms with van der Waals surface area (Å²) in [5.41, 5.74) is 6.22. The summed E-state index contributed by atoms with van der Waals surface area (Å²) in [6.07, 6.45) is 2.06. The molecule has 2 heterocycles. The molecule has 3 rings (SSSR count). The van der Waals surface area contributed by atoms with Gasteiger partial charge in [-0.1, -0.05) is 6.92 Å². The van der Waals surface area contributed by atoms with E-state index in [4.69, 9.17) is 10.5 Å². The van der Waals surface area contributed by atoms with Crippen LogP contribution in [0.3, 0.4) is 0 Å². The van der Waals surface area contributed by atoms with Gasteiger partial charge in [0.2, 0.25) is 17.6 Å². The van der Waals surface area contributed by atoms with Crippen LogP contribution < -0.4 is 20.7 Å². The fraction of sp³-hybridized carbons (Fsp3) is 0.444. The maximum absolute atomic E-state index is 11.5. The molecule has 1 aromatic heterocycles. The molecular formula is C18H24N6O3. The summed E-state index contributed by atoms with van der Waals surface area (Å²) in [5, 5.41) is 14.5. The highest BCUT2D eigenvalue weighted by Crippen LogP contribution is 2.33. The molecule has 0 radical (unpaired) electrons. The highest BCUT2D eigenvalue weighted by atomic mass is 16.6. The topological polar surface area (TPSA) is 119 Å². The third-order valence-electron chi connectivity index (χ3n) is 4.58. The van der Waals surface area contributed by atoms with Gasteiger partial charge in [0.1, 0.15) is 5.75 Å². The molecule has 1 aliphatic heterocycles. The van der Waals surface area contributed by atoms with Crippen molar-refractivity contribution >= 4 is 29.0 Å². The molecule has 1 aliphatic rings. The lowest BCUT2D eigenvalue weighted by molar-refractivity contribution is -0.383. The zero-order valence-electron chi connectivity index (χ0n) is 15.5. The summed E-state index contributed by atoms with van der Waals surface area (Å²) in [6, 6.07) is 7.12. The van der Waals surface area contributed by atoms with Crippen molar-refractivity contribution in [1.29, 1.82) is 0 Å². The average molecular weight is 372 g/mol. The minimum absolute atomic E-state index is 0.0882. The van der Waals surface area contributed by atoms with Crippen LogP contribution in [0.4, 0.5) is 29.0 Å². The molecule has 27 heavy (non-hydrogen) atoms. The second-order valence-corrected chi connectivity index (χ2v) is 6.62. The number of nitrogens with one attached hydrogen (secondary N) is 1. The van der Waals surface area contributed by atoms with Crippen LogP contribution in [0.25, 0.3) is 0 Å². The fourth-order valence-electron chi connectivity index (χ4n) is 3.01. The van der Waals surface area contributed by atoms with E-state index in [2.05, 4.69) is 22.2 Å². The first-order valence-electron chi connectivity index (χ1n) is 9.04. The van der Waals surface area contributed by atoms with Gasteiger partial charge in [0.05, 0.1) is 11.5 Å². The predicted molar refractivity (Wildman–Crippen MR) is 105 cm³/mol. The average Bonchev–Trinajstić information content (AvgIpc) is 2.63. The number of rotatable bonds is 6. The first kappa shape index (κ1) is 18.7. The fourth-order valence-corrected chi connectivity index (χ4v) is 3.01. The van der Waals surface area contributed by atoms with E-state index in [-0.39, 0.29) is 17.3 Å². The zero-order chi connectivity index (χ0) is 19.4. The first-order valence-corrected chi connectivity index (χ1v) is 9.04. The molecule has 2 aromatic rings. The molecule has 0 atom stereocenters. The van der Waals surface area contributed by atoms with Crippen LogP contribution in [0.15, 0.2) is 24.3 Å². The second-order valence-electron chi connectivity index (χ2n) is 6.62. The monoisotopic (exact) mass is 372 g/mol. The smallest absolute Gasteiger partial charge is 0.353 e. The second kappa shape index (κ2) is 8.07. The number of hydrogen-bond acceptors (Lipinski definition) is 8. The Kier molecular flexibility index (Phi) is 5.58. The standard InChI is InChI=1S/C18H24N6O3/c1-3-27-14-6-4-13(5-7-14)20-17-15(24(25)26)16(19)21-18(22-17)23-10-8-12(2)9-11-23/h4-7,12H,3,8-11H2,1-2H3,(H3,19,20,21,22). The lowest BCUT2D eigenvalue weighted by Crippen LogP contribution is -2.34. The van der Waals surface area contributed by atoms with Gasteiger partial charge in [-0.05, 0) is 49.9 Å². The molecule has 3 N–H and O–H groups in total. The normalized spacial score (nSPS) is 14.8. The summed E-state index contributed by atoms with van der Waals surface area (Å²) in [7, 11) is 0. The number of nitrogens with two attached hydrogens (primary N) is 1. The molecule has 0 amide bonds. The van der Waals surface area contributed by atoms with E-state index in [0.29, 0.717) is 24.2 Å². The van der Waals surface area contributed by atoms with Crippen molar-refractivity contribution in [3.8, 4) is 5.75 Å². The Morgan fingerprint density at radius 1 is 1.30 bits per heavy atom. The number of nitrogens with zero attached hydrogens (tertiary/aromatic N) is 4. The van der Waals surface area contributed by atoms with E-state index in [1.165, 1.54) is 0 Å². The Morgan fingerprint density at radius 2 is 1.96 bits per heavy atom. The van der Waals surface area contributed by atoms with E-state index >= 15 is 0 Å². The highest BCUT2D eigenvalue weighted by molar-refractivity contribution is 5.74. The SMILES string of the molecule is CCOc1ccc(Nc2nc(N3CCC(C)CC3)nc(N)c2[N+](=O)[O-])cc1. The molecule has 0 bridgehead atoms. The van der Waals surface area contributed by atoms with Crippen LogP contribution in [0.2, 0.25) is 0 Å². The van der Waals surface area contributed by atoms with Crippen LogP contribution in [0.1, 0.15) is 26.7 Å². The Labute approximate surface area is 157 Å². The van der Waals surface area contributed by atoms with Crippen LogP contribution in [-0.2, 0) is 0 Å². The quantitative estimate of drug-likeness (QED) is 0.585. The molecular weight excluding hydrogens is 348 g/mol. The van der Waals surface area contributed by atoms with Crippen LogP contribution in [0, 0.1) is 16.0 Å². The molecule has 0 saturated carbocycles. The summed E-state index contributed by atoms with van der Waals surface area (Å²) < 4.78 is 5.41. The van der Waals surface area contributed by atoms with Crippen molar-refractivity contribution in [3.63, 3.8) is 0 Å². The van der Waals surface area contributed by atoms with Crippen molar-refractivity contribution in [2.24, 2.45) is 5.92 Å². The van der Waals surface area contributed by atoms with E-state index < -0.39 is 4.92 Å². The molecule has 1 fully saturated rings. The van der Waals surface area contributed by atoms with E-state index in [1.54, 1.807) is 24.3 Å². The maximum Gasteiger partial charge on any atom is 0.353 e. The lowest BCUT2D eigenvalue weighted by Gasteiger charge is -2.30. The summed E-state index contributed by atoms with van der Waals surface area (Å²) in [5.74, 6) is 1.74. The molecule has 0 spiro atoms. The Hall–Kier alpha value is -3.10. The van der Waals surface area contributed by atoms with Gasteiger partial charge in [0.25, 0.3) is 0 Å². The number of hydrogen-bond donors (Lipinski definition) is 2. The summed E-state index contributed by atoms with van der Waals surface area (Å²) in [4.78, 5) is 21.5. The van der Waals surface area contributed by atoms with Gasteiger partial charge < -0.3 is 20.7 Å². The number of nitro groups is 1. The first-order chi connectivity index (χ1) is 13.0. The zero-order valence-corrected chi connectivity index (χ0v) is 15.5. The van der Waals surface area contributed by atoms with Crippen molar-refractivity contribution in [3.05, 3.63) is 34.4 Å².